The van der Waals surface area contributed by atoms with Crippen molar-refractivity contribution in [1.29, 1.82) is 0 Å². The molecule has 2 aromatic heterocycles. The Morgan fingerprint density at radius 2 is 1.77 bits per heavy atom. The van der Waals surface area contributed by atoms with Crippen molar-refractivity contribution in [3.05, 3.63) is 83.6 Å². The Hall–Kier alpha value is -3.47. The van der Waals surface area contributed by atoms with Crippen LogP contribution in [0.15, 0.2) is 71.3 Å². The summed E-state index contributed by atoms with van der Waals surface area (Å²) in [5, 5.41) is 8.24. The average molecular weight is 409 g/mol. The van der Waals surface area contributed by atoms with Gasteiger partial charge in [0.2, 0.25) is 0 Å². The highest BCUT2D eigenvalue weighted by atomic mass is 16.5. The molecular weight excluding hydrogens is 386 g/mol. The molecule has 5 heteroatoms. The molecule has 5 nitrogen and oxygen atoms in total. The number of benzene rings is 2. The van der Waals surface area contributed by atoms with Gasteiger partial charge in [-0.05, 0) is 30.9 Å². The van der Waals surface area contributed by atoms with E-state index in [0.29, 0.717) is 28.3 Å². The Morgan fingerprint density at radius 3 is 2.48 bits per heavy atom. The third-order valence-corrected chi connectivity index (χ3v) is 6.73. The maximum absolute atomic E-state index is 13.5. The zero-order chi connectivity index (χ0) is 21.0. The minimum Gasteiger partial charge on any atom is -0.348 e. The zero-order valence-electron chi connectivity index (χ0n) is 17.3. The van der Waals surface area contributed by atoms with Crippen molar-refractivity contribution in [2.75, 3.05) is 0 Å². The largest absolute Gasteiger partial charge is 0.348 e. The van der Waals surface area contributed by atoms with Gasteiger partial charge in [-0.15, -0.1) is 0 Å². The van der Waals surface area contributed by atoms with Crippen molar-refractivity contribution in [3.8, 4) is 11.3 Å². The van der Waals surface area contributed by atoms with Crippen molar-refractivity contribution in [3.63, 3.8) is 0 Å². The third-order valence-electron chi connectivity index (χ3n) is 6.73. The minimum atomic E-state index is -0.0839. The van der Waals surface area contributed by atoms with Crippen LogP contribution in [0.25, 0.3) is 22.4 Å². The van der Waals surface area contributed by atoms with E-state index in [0.717, 1.165) is 30.5 Å². The fourth-order valence-electron chi connectivity index (χ4n) is 4.48. The van der Waals surface area contributed by atoms with Crippen LogP contribution in [-0.4, -0.2) is 22.1 Å². The molecular formula is C26H23N3O2. The van der Waals surface area contributed by atoms with E-state index in [9.17, 15) is 4.79 Å². The minimum absolute atomic E-state index is 0.0285. The molecule has 0 saturated heterocycles. The molecule has 0 aliphatic heterocycles. The summed E-state index contributed by atoms with van der Waals surface area (Å²) in [4.78, 5) is 18.2. The highest BCUT2D eigenvalue weighted by Crippen LogP contribution is 2.48. The summed E-state index contributed by atoms with van der Waals surface area (Å²) in [5.41, 5.74) is 4.78. The molecule has 4 aromatic rings. The number of pyridine rings is 1. The van der Waals surface area contributed by atoms with E-state index in [1.165, 1.54) is 5.56 Å². The molecule has 0 spiro atoms. The molecule has 2 atom stereocenters. The van der Waals surface area contributed by atoms with Crippen molar-refractivity contribution in [2.24, 2.45) is 0 Å². The Labute approximate surface area is 180 Å². The number of carbonyl (C=O) groups excluding carboxylic acids is 1. The molecule has 2 unspecified atom stereocenters. The van der Waals surface area contributed by atoms with Crippen LogP contribution in [0, 0.1) is 0 Å². The van der Waals surface area contributed by atoms with E-state index in [1.54, 1.807) is 0 Å². The number of aromatic nitrogens is 2. The first-order chi connectivity index (χ1) is 15.1. The lowest BCUT2D eigenvalue weighted by atomic mass is 9.97. The van der Waals surface area contributed by atoms with Crippen LogP contribution in [0.5, 0.6) is 0 Å². The maximum atomic E-state index is 13.5. The van der Waals surface area contributed by atoms with E-state index < -0.39 is 0 Å². The van der Waals surface area contributed by atoms with Crippen LogP contribution in [0.3, 0.4) is 0 Å². The average Bonchev–Trinajstić information content (AvgIpc) is 3.72. The molecule has 31 heavy (non-hydrogen) atoms. The second kappa shape index (κ2) is 6.77. The normalized spacial score (nSPS) is 22.4. The van der Waals surface area contributed by atoms with Gasteiger partial charge in [0.05, 0.1) is 10.9 Å². The first-order valence-corrected chi connectivity index (χ1v) is 10.9. The van der Waals surface area contributed by atoms with Crippen molar-refractivity contribution < 1.29 is 9.32 Å². The lowest BCUT2D eigenvalue weighted by Crippen LogP contribution is -2.30. The van der Waals surface area contributed by atoms with Crippen LogP contribution < -0.4 is 5.32 Å². The van der Waals surface area contributed by atoms with E-state index in [2.05, 4.69) is 46.6 Å². The van der Waals surface area contributed by atoms with Gasteiger partial charge in [0, 0.05) is 28.6 Å². The van der Waals surface area contributed by atoms with E-state index in [-0.39, 0.29) is 17.4 Å². The number of hydrogen-bond acceptors (Lipinski definition) is 4. The van der Waals surface area contributed by atoms with Gasteiger partial charge < -0.3 is 9.84 Å². The van der Waals surface area contributed by atoms with E-state index in [1.807, 2.05) is 42.5 Å². The topological polar surface area (TPSA) is 68.0 Å². The Kier molecular flexibility index (Phi) is 4.00. The summed E-state index contributed by atoms with van der Waals surface area (Å²) in [7, 11) is 0. The van der Waals surface area contributed by atoms with Gasteiger partial charge in [0.15, 0.2) is 0 Å². The summed E-state index contributed by atoms with van der Waals surface area (Å²) in [5.74, 6) is 0.330. The van der Waals surface area contributed by atoms with Crippen molar-refractivity contribution >= 4 is 17.0 Å². The van der Waals surface area contributed by atoms with Crippen molar-refractivity contribution in [2.45, 2.75) is 43.6 Å². The highest BCUT2D eigenvalue weighted by molar-refractivity contribution is 6.10. The maximum Gasteiger partial charge on any atom is 0.259 e. The van der Waals surface area contributed by atoms with Gasteiger partial charge in [0.1, 0.15) is 5.69 Å². The van der Waals surface area contributed by atoms with Gasteiger partial charge in [-0.1, -0.05) is 72.7 Å². The van der Waals surface area contributed by atoms with Gasteiger partial charge in [-0.25, -0.2) is 4.98 Å². The number of amides is 1. The molecule has 154 valence electrons. The number of rotatable bonds is 5. The fourth-order valence-corrected chi connectivity index (χ4v) is 4.48. The highest BCUT2D eigenvalue weighted by Gasteiger charge is 2.52. The number of hydrogen-bond donors (Lipinski definition) is 1. The Balaban J connectivity index is 1.38. The second-order valence-corrected chi connectivity index (χ2v) is 8.96. The van der Waals surface area contributed by atoms with Crippen molar-refractivity contribution in [1.82, 2.24) is 15.5 Å². The monoisotopic (exact) mass is 409 g/mol. The molecule has 2 aliphatic carbocycles. The summed E-state index contributed by atoms with van der Waals surface area (Å²) in [6, 6.07) is 22.3. The second-order valence-electron chi connectivity index (χ2n) is 8.96. The predicted octanol–water partition coefficient (Wildman–Crippen LogP) is 5.23. The van der Waals surface area contributed by atoms with Gasteiger partial charge in [-0.2, -0.15) is 0 Å². The van der Waals surface area contributed by atoms with Crippen LogP contribution in [0.2, 0.25) is 0 Å². The summed E-state index contributed by atoms with van der Waals surface area (Å²) < 4.78 is 5.60. The summed E-state index contributed by atoms with van der Waals surface area (Å²) in [6.45, 7) is 2.21. The molecule has 1 N–H and O–H groups in total. The number of nitrogens with zero attached hydrogens (tertiary/aromatic N) is 2. The number of nitrogens with one attached hydrogen (secondary N) is 1. The lowest BCUT2D eigenvalue weighted by Gasteiger charge is -2.13. The molecule has 2 aliphatic rings. The Morgan fingerprint density at radius 1 is 1.06 bits per heavy atom. The number of fused-ring (bicyclic) bond motifs is 1. The predicted molar refractivity (Wildman–Crippen MR) is 119 cm³/mol. The smallest absolute Gasteiger partial charge is 0.259 e. The standard InChI is InChI=1S/C26H23N3O2/c1-26(18-10-6-3-7-11-18)15-21(26)28-24(30)19-14-20(16-12-13-16)27-25-22(19)23(29-31-25)17-8-4-2-5-9-17/h2-11,14,16,21H,12-13,15H2,1H3,(H,28,30). The quantitative estimate of drug-likeness (QED) is 0.490. The molecule has 2 fully saturated rings. The van der Waals surface area contributed by atoms with Crippen LogP contribution in [0.4, 0.5) is 0 Å². The SMILES string of the molecule is CC1(c2ccccc2)CC1NC(=O)c1cc(C2CC2)nc2onc(-c3ccccc3)c12. The lowest BCUT2D eigenvalue weighted by molar-refractivity contribution is 0.0949. The zero-order valence-corrected chi connectivity index (χ0v) is 17.3. The van der Waals surface area contributed by atoms with E-state index >= 15 is 0 Å². The molecule has 2 aromatic carbocycles. The summed E-state index contributed by atoms with van der Waals surface area (Å²) >= 11 is 0. The van der Waals surface area contributed by atoms with Crippen LogP contribution in [0.1, 0.15) is 53.7 Å². The Bertz CT molecular complexity index is 1280. The molecule has 0 radical (unpaired) electrons. The first kappa shape index (κ1) is 18.3. The molecule has 2 heterocycles. The summed E-state index contributed by atoms with van der Waals surface area (Å²) in [6.07, 6.45) is 3.14. The van der Waals surface area contributed by atoms with Gasteiger partial charge >= 0.3 is 0 Å². The molecule has 6 rings (SSSR count). The fraction of sp³-hybridized carbons (Fsp3) is 0.269. The van der Waals surface area contributed by atoms with Gasteiger partial charge in [-0.3, -0.25) is 4.79 Å². The van der Waals surface area contributed by atoms with Gasteiger partial charge in [0.25, 0.3) is 11.6 Å². The molecule has 1 amide bonds. The van der Waals surface area contributed by atoms with Crippen LogP contribution in [-0.2, 0) is 5.41 Å². The number of carbonyl (C=O) groups is 1. The first-order valence-electron chi connectivity index (χ1n) is 10.9. The van der Waals surface area contributed by atoms with E-state index in [4.69, 9.17) is 4.52 Å². The molecule has 2 saturated carbocycles. The van der Waals surface area contributed by atoms with Crippen LogP contribution >= 0.6 is 0 Å². The molecule has 0 bridgehead atoms. The third kappa shape index (κ3) is 3.12.